The molecule has 0 radical (unpaired) electrons. The molecule has 0 unspecified atom stereocenters. The number of hydrogen-bond donors (Lipinski definition) is 0. The first-order valence-electron chi connectivity index (χ1n) is 18.8. The Morgan fingerprint density at radius 3 is 1.79 bits per heavy atom. The predicted octanol–water partition coefficient (Wildman–Crippen LogP) is 9.29. The monoisotopic (exact) mass is 729 g/mol. The van der Waals surface area contributed by atoms with Gasteiger partial charge in [-0.1, -0.05) is 19.9 Å². The van der Waals surface area contributed by atoms with Crippen LogP contribution < -0.4 is 14.4 Å². The lowest BCUT2D eigenvalue weighted by molar-refractivity contribution is -0.363. The van der Waals surface area contributed by atoms with Gasteiger partial charge in [0.05, 0.1) is 5.57 Å². The van der Waals surface area contributed by atoms with Gasteiger partial charge in [-0.05, 0) is 108 Å². The maximum Gasteiger partial charge on any atom is 0.737 e. The fourth-order valence-corrected chi connectivity index (χ4v) is 8.11. The maximum absolute atomic E-state index is 17.0. The fraction of sp³-hybridized carbons (Fsp3) is 0.439. The molecule has 0 N–H and O–H groups in total. The summed E-state index contributed by atoms with van der Waals surface area (Å²) in [6.45, 7) is 16.5. The van der Waals surface area contributed by atoms with Gasteiger partial charge >= 0.3 is 19.2 Å². The molecule has 0 atom stereocenters. The Balaban J connectivity index is 1.85. The van der Waals surface area contributed by atoms with Crippen molar-refractivity contribution in [2.45, 2.75) is 82.1 Å². The third-order valence-electron chi connectivity index (χ3n) is 11.0. The largest absolute Gasteiger partial charge is 0.737 e. The number of benzene rings is 2. The van der Waals surface area contributed by atoms with Crippen molar-refractivity contribution in [3.63, 3.8) is 0 Å². The number of anilines is 1. The van der Waals surface area contributed by atoms with Gasteiger partial charge in [0.1, 0.15) is 17.2 Å². The normalized spacial score (nSPS) is 14.8. The number of carbonyl (C=O) groups is 2. The van der Waals surface area contributed by atoms with Crippen LogP contribution in [-0.4, -0.2) is 83.9 Å². The summed E-state index contributed by atoms with van der Waals surface area (Å²) in [5.41, 5.74) is 8.57. The molecule has 53 heavy (non-hydrogen) atoms. The number of carbonyl (C=O) groups excluding carboxylic acids is 2. The lowest BCUT2D eigenvalue weighted by Crippen LogP contribution is -2.51. The van der Waals surface area contributed by atoms with Crippen LogP contribution in [0.5, 0.6) is 11.5 Å². The number of rotatable bonds is 11. The minimum atomic E-state index is -4.21. The van der Waals surface area contributed by atoms with Crippen LogP contribution in [0.3, 0.4) is 0 Å². The molecule has 0 aliphatic carbocycles. The van der Waals surface area contributed by atoms with Crippen molar-refractivity contribution in [3.8, 4) is 22.6 Å². The van der Waals surface area contributed by atoms with Crippen molar-refractivity contribution < 1.29 is 32.2 Å². The van der Waals surface area contributed by atoms with Crippen LogP contribution in [0.2, 0.25) is 0 Å². The summed E-state index contributed by atoms with van der Waals surface area (Å²) in [7, 11) is 3.80. The van der Waals surface area contributed by atoms with Crippen molar-refractivity contribution in [1.29, 1.82) is 0 Å². The molecular formula is C41H54BF2N5O4. The number of nitrogens with zero attached hydrogens (tertiary/aromatic N) is 5. The molecule has 0 spiro atoms. The van der Waals surface area contributed by atoms with E-state index in [0.717, 1.165) is 28.0 Å². The van der Waals surface area contributed by atoms with Crippen LogP contribution in [0, 0.1) is 13.8 Å². The van der Waals surface area contributed by atoms with E-state index in [1.807, 2.05) is 98.7 Å². The minimum absolute atomic E-state index is 0.221. The van der Waals surface area contributed by atoms with Gasteiger partial charge < -0.3 is 41.8 Å². The number of allylic oxidation sites excluding steroid dienone is 2. The Morgan fingerprint density at radius 1 is 0.774 bits per heavy atom. The molecule has 5 rings (SSSR count). The number of fused-ring (bicyclic) bond motifs is 2. The molecule has 3 aromatic rings. The molecule has 2 aromatic carbocycles. The summed E-state index contributed by atoms with van der Waals surface area (Å²) in [4.78, 5) is 32.1. The van der Waals surface area contributed by atoms with Crippen molar-refractivity contribution in [2.75, 3.05) is 45.2 Å². The van der Waals surface area contributed by atoms with E-state index in [2.05, 4.69) is 0 Å². The molecule has 3 heterocycles. The highest BCUT2D eigenvalue weighted by molar-refractivity contribution is 6.58. The van der Waals surface area contributed by atoms with Crippen LogP contribution in [0.25, 0.3) is 16.7 Å². The summed E-state index contributed by atoms with van der Waals surface area (Å²) >= 11 is 0. The van der Waals surface area contributed by atoms with Gasteiger partial charge in [0, 0.05) is 86.9 Å². The first-order chi connectivity index (χ1) is 25.1. The molecule has 0 fully saturated rings. The fourth-order valence-electron chi connectivity index (χ4n) is 8.11. The standard InChI is InChI=1S/C41H54BF2N5O4/c1-13-31-25(7)38-37(39-26(8)32(14-2)28(10)49(39)42(43,44)48(38)27(31)9)29-19-21-33(35(23-29)52-40(50)46(15-3)16-4)34-22-20-30(45(11)12)24-36(34)53-41(51)47(17-5)18-6/h19-24H,13-18H2,1-12H3. The SMILES string of the molecule is CCC1=C(C)C2=C(c3ccc(-c4ccc(N(C)C)cc4OC(=O)N(CC)CC)c(OC(=O)N(CC)CC)c3)c3c(C)c(CC)c(C)n3[B-](F)(F)[N+]2=C1C. The highest BCUT2D eigenvalue weighted by atomic mass is 19.2. The average Bonchev–Trinajstić information content (AvgIpc) is 3.53. The van der Waals surface area contributed by atoms with E-state index in [1.54, 1.807) is 35.8 Å². The highest BCUT2D eigenvalue weighted by Gasteiger charge is 2.56. The third kappa shape index (κ3) is 6.54. The molecule has 2 amide bonds. The summed E-state index contributed by atoms with van der Waals surface area (Å²) in [6.07, 6.45) is 0.167. The smallest absolute Gasteiger partial charge is 0.410 e. The average molecular weight is 730 g/mol. The zero-order valence-electron chi connectivity index (χ0n) is 33.4. The van der Waals surface area contributed by atoms with Gasteiger partial charge in [-0.15, -0.1) is 0 Å². The van der Waals surface area contributed by atoms with Gasteiger partial charge in [0.15, 0.2) is 5.70 Å². The second-order valence-corrected chi connectivity index (χ2v) is 13.9. The quantitative estimate of drug-likeness (QED) is 0.184. The molecule has 0 saturated carbocycles. The van der Waals surface area contributed by atoms with E-state index in [4.69, 9.17) is 9.47 Å². The van der Waals surface area contributed by atoms with E-state index in [0.29, 0.717) is 89.8 Å². The van der Waals surface area contributed by atoms with Gasteiger partial charge in [-0.25, -0.2) is 9.59 Å². The Kier molecular flexibility index (Phi) is 11.3. The van der Waals surface area contributed by atoms with Crippen LogP contribution in [0.1, 0.15) is 89.9 Å². The Bertz CT molecular complexity index is 2050. The van der Waals surface area contributed by atoms with E-state index in [-0.39, 0.29) is 5.75 Å². The lowest BCUT2D eigenvalue weighted by Gasteiger charge is -2.34. The van der Waals surface area contributed by atoms with E-state index in [1.165, 1.54) is 8.96 Å². The van der Waals surface area contributed by atoms with E-state index in [9.17, 15) is 9.59 Å². The van der Waals surface area contributed by atoms with Gasteiger partial charge in [-0.2, -0.15) is 0 Å². The molecular weight excluding hydrogens is 675 g/mol. The highest BCUT2D eigenvalue weighted by Crippen LogP contribution is 2.49. The Morgan fingerprint density at radius 2 is 1.30 bits per heavy atom. The van der Waals surface area contributed by atoms with Crippen molar-refractivity contribution >= 4 is 36.1 Å². The number of amides is 2. The van der Waals surface area contributed by atoms with Crippen molar-refractivity contribution in [2.24, 2.45) is 0 Å². The zero-order chi connectivity index (χ0) is 39.1. The second-order valence-electron chi connectivity index (χ2n) is 13.9. The maximum atomic E-state index is 17.0. The molecule has 12 heteroatoms. The molecule has 1 aromatic heterocycles. The van der Waals surface area contributed by atoms with E-state index >= 15 is 8.63 Å². The molecule has 284 valence electrons. The van der Waals surface area contributed by atoms with Crippen LogP contribution in [-0.2, 0) is 6.42 Å². The second kappa shape index (κ2) is 15.2. The minimum Gasteiger partial charge on any atom is -0.410 e. The van der Waals surface area contributed by atoms with Crippen LogP contribution in [0.4, 0.5) is 23.9 Å². The first-order valence-corrected chi connectivity index (χ1v) is 18.8. The van der Waals surface area contributed by atoms with Gasteiger partial charge in [-0.3, -0.25) is 0 Å². The summed E-state index contributed by atoms with van der Waals surface area (Å²) in [5, 5.41) is 0. The van der Waals surface area contributed by atoms with Gasteiger partial charge in [0.25, 0.3) is 0 Å². The Hall–Kier alpha value is -4.87. The summed E-state index contributed by atoms with van der Waals surface area (Å²) < 4.78 is 48.7. The van der Waals surface area contributed by atoms with Crippen molar-refractivity contribution in [1.82, 2.24) is 14.3 Å². The van der Waals surface area contributed by atoms with Crippen LogP contribution >= 0.6 is 0 Å². The molecule has 2 aliphatic rings. The molecule has 2 aliphatic heterocycles. The van der Waals surface area contributed by atoms with E-state index < -0.39 is 19.2 Å². The number of aromatic nitrogens is 1. The third-order valence-corrected chi connectivity index (χ3v) is 11.0. The van der Waals surface area contributed by atoms with Crippen molar-refractivity contribution in [3.05, 3.63) is 81.3 Å². The summed E-state index contributed by atoms with van der Waals surface area (Å²) in [5.74, 6) is 0.522. The van der Waals surface area contributed by atoms with Crippen LogP contribution in [0.15, 0.2) is 53.2 Å². The van der Waals surface area contributed by atoms with Gasteiger partial charge in [0.2, 0.25) is 0 Å². The Labute approximate surface area is 313 Å². The number of ether oxygens (including phenoxy) is 2. The predicted molar refractivity (Wildman–Crippen MR) is 211 cm³/mol. The molecule has 9 nitrogen and oxygen atoms in total. The molecule has 0 saturated heterocycles. The lowest BCUT2D eigenvalue weighted by atomic mass is 9.83. The first kappa shape index (κ1) is 39.3. The number of halogens is 2. The molecule has 0 bridgehead atoms. The zero-order valence-corrected chi connectivity index (χ0v) is 33.4. The number of hydrogen-bond acceptors (Lipinski definition) is 5. The summed E-state index contributed by atoms with van der Waals surface area (Å²) in [6, 6.07) is 11.0. The topological polar surface area (TPSA) is 70.3 Å².